The van der Waals surface area contributed by atoms with E-state index < -0.39 is 0 Å². The molecule has 2 rings (SSSR count). The molecular formula is C14H17NO4. The van der Waals surface area contributed by atoms with Crippen molar-refractivity contribution in [2.45, 2.75) is 12.8 Å². The van der Waals surface area contributed by atoms with Gasteiger partial charge in [-0.1, -0.05) is 0 Å². The summed E-state index contributed by atoms with van der Waals surface area (Å²) >= 11 is 0. The van der Waals surface area contributed by atoms with Crippen molar-refractivity contribution in [3.8, 4) is 11.5 Å². The summed E-state index contributed by atoms with van der Waals surface area (Å²) in [7, 11) is 3.07. The molecule has 0 aliphatic carbocycles. The third-order valence-corrected chi connectivity index (χ3v) is 3.07. The third-order valence-electron chi connectivity index (χ3n) is 3.07. The Hall–Kier alpha value is -2.04. The maximum atomic E-state index is 12.0. The van der Waals surface area contributed by atoms with Gasteiger partial charge in [-0.25, -0.2) is 0 Å². The molecule has 0 atom stereocenters. The molecule has 1 aromatic rings. The van der Waals surface area contributed by atoms with Gasteiger partial charge in [-0.15, -0.1) is 0 Å². The van der Waals surface area contributed by atoms with Crippen LogP contribution in [0.4, 0.5) is 0 Å². The summed E-state index contributed by atoms with van der Waals surface area (Å²) < 4.78 is 10.3. The van der Waals surface area contributed by atoms with Crippen LogP contribution in [-0.4, -0.2) is 43.9 Å². The molecule has 1 fully saturated rings. The summed E-state index contributed by atoms with van der Waals surface area (Å²) in [6, 6.07) is 5.02. The van der Waals surface area contributed by atoms with Crippen LogP contribution in [0.15, 0.2) is 18.2 Å². The summed E-state index contributed by atoms with van der Waals surface area (Å²) in [5, 5.41) is 0. The Labute approximate surface area is 112 Å². The van der Waals surface area contributed by atoms with Crippen molar-refractivity contribution in [2.75, 3.05) is 27.3 Å². The fourth-order valence-corrected chi connectivity index (χ4v) is 1.83. The van der Waals surface area contributed by atoms with Crippen LogP contribution in [0.2, 0.25) is 0 Å². The lowest BCUT2D eigenvalue weighted by Crippen LogP contribution is -2.12. The van der Waals surface area contributed by atoms with Gasteiger partial charge in [-0.2, -0.15) is 0 Å². The van der Waals surface area contributed by atoms with Gasteiger partial charge in [-0.3, -0.25) is 9.59 Å². The standard InChI is InChI=1S/C14H17NO4/c1-18-12-5-3-10(9-13(12)19-2)11(16)4-6-14(17)15-7-8-15/h3,5,9H,4,6-8H2,1-2H3. The molecule has 5 heteroatoms. The molecule has 1 amide bonds. The largest absolute Gasteiger partial charge is 0.493 e. The molecule has 0 unspecified atom stereocenters. The van der Waals surface area contributed by atoms with E-state index in [9.17, 15) is 9.59 Å². The number of nitrogens with zero attached hydrogens (tertiary/aromatic N) is 1. The van der Waals surface area contributed by atoms with Gasteiger partial charge >= 0.3 is 0 Å². The van der Waals surface area contributed by atoms with E-state index >= 15 is 0 Å². The topological polar surface area (TPSA) is 55.6 Å². The van der Waals surface area contributed by atoms with E-state index in [4.69, 9.17) is 9.47 Å². The lowest BCUT2D eigenvalue weighted by atomic mass is 10.1. The molecule has 19 heavy (non-hydrogen) atoms. The lowest BCUT2D eigenvalue weighted by Gasteiger charge is -2.09. The van der Waals surface area contributed by atoms with Gasteiger partial charge in [0, 0.05) is 31.5 Å². The molecule has 1 aliphatic rings. The molecule has 1 heterocycles. The number of methoxy groups -OCH3 is 2. The number of carbonyl (C=O) groups excluding carboxylic acids is 2. The molecule has 0 spiro atoms. The van der Waals surface area contributed by atoms with Crippen molar-refractivity contribution in [3.05, 3.63) is 23.8 Å². The van der Waals surface area contributed by atoms with Crippen molar-refractivity contribution in [1.29, 1.82) is 0 Å². The first-order valence-corrected chi connectivity index (χ1v) is 6.18. The van der Waals surface area contributed by atoms with Gasteiger partial charge in [-0.05, 0) is 18.2 Å². The van der Waals surface area contributed by atoms with Crippen molar-refractivity contribution in [2.24, 2.45) is 0 Å². The molecule has 0 N–H and O–H groups in total. The smallest absolute Gasteiger partial charge is 0.223 e. The van der Waals surface area contributed by atoms with Crippen molar-refractivity contribution in [1.82, 2.24) is 4.90 Å². The van der Waals surface area contributed by atoms with Gasteiger partial charge in [0.25, 0.3) is 0 Å². The monoisotopic (exact) mass is 263 g/mol. The first-order valence-electron chi connectivity index (χ1n) is 6.18. The predicted molar refractivity (Wildman–Crippen MR) is 69.7 cm³/mol. The highest BCUT2D eigenvalue weighted by Crippen LogP contribution is 2.28. The van der Waals surface area contributed by atoms with E-state index in [2.05, 4.69) is 0 Å². The van der Waals surface area contributed by atoms with Crippen LogP contribution >= 0.6 is 0 Å². The second-order valence-electron chi connectivity index (χ2n) is 4.37. The highest BCUT2D eigenvalue weighted by Gasteiger charge is 2.24. The van der Waals surface area contributed by atoms with Crippen LogP contribution in [0.5, 0.6) is 11.5 Å². The Kier molecular flexibility index (Phi) is 4.04. The Morgan fingerprint density at radius 1 is 1.11 bits per heavy atom. The Balaban J connectivity index is 1.99. The molecule has 1 saturated heterocycles. The first-order chi connectivity index (χ1) is 9.15. The van der Waals surface area contributed by atoms with E-state index in [-0.39, 0.29) is 24.5 Å². The predicted octanol–water partition coefficient (Wildman–Crippen LogP) is 1.51. The summed E-state index contributed by atoms with van der Waals surface area (Å²) in [6.07, 6.45) is 0.498. The highest BCUT2D eigenvalue weighted by atomic mass is 16.5. The normalized spacial score (nSPS) is 13.1. The van der Waals surface area contributed by atoms with Crippen LogP contribution in [0, 0.1) is 0 Å². The minimum Gasteiger partial charge on any atom is -0.493 e. The number of ketones is 1. The van der Waals surface area contributed by atoms with Crippen LogP contribution in [0.25, 0.3) is 0 Å². The molecule has 1 aromatic carbocycles. The Morgan fingerprint density at radius 3 is 2.37 bits per heavy atom. The maximum Gasteiger partial charge on any atom is 0.223 e. The van der Waals surface area contributed by atoms with E-state index in [1.54, 1.807) is 30.2 Å². The summed E-state index contributed by atoms with van der Waals surface area (Å²) in [5.41, 5.74) is 0.538. The van der Waals surface area contributed by atoms with Gasteiger partial charge < -0.3 is 14.4 Å². The van der Waals surface area contributed by atoms with Gasteiger partial charge in [0.1, 0.15) is 0 Å². The van der Waals surface area contributed by atoms with Crippen molar-refractivity contribution < 1.29 is 19.1 Å². The number of rotatable bonds is 6. The zero-order valence-corrected chi connectivity index (χ0v) is 11.1. The quantitative estimate of drug-likeness (QED) is 0.576. The lowest BCUT2D eigenvalue weighted by molar-refractivity contribution is -0.125. The van der Waals surface area contributed by atoms with Crippen LogP contribution in [0.1, 0.15) is 23.2 Å². The number of ether oxygens (including phenoxy) is 2. The second kappa shape index (κ2) is 5.73. The van der Waals surface area contributed by atoms with Gasteiger partial charge in [0.2, 0.25) is 5.91 Å². The van der Waals surface area contributed by atoms with Crippen LogP contribution in [0.3, 0.4) is 0 Å². The maximum absolute atomic E-state index is 12.0. The number of carbonyl (C=O) groups is 2. The van der Waals surface area contributed by atoms with E-state index in [1.807, 2.05) is 0 Å². The molecule has 0 bridgehead atoms. The SMILES string of the molecule is COc1ccc(C(=O)CCC(=O)N2CC2)cc1OC. The number of amides is 1. The van der Waals surface area contributed by atoms with Crippen molar-refractivity contribution >= 4 is 11.7 Å². The van der Waals surface area contributed by atoms with Crippen molar-refractivity contribution in [3.63, 3.8) is 0 Å². The fourth-order valence-electron chi connectivity index (χ4n) is 1.83. The Morgan fingerprint density at radius 2 is 1.79 bits per heavy atom. The fraction of sp³-hybridized carbons (Fsp3) is 0.429. The van der Waals surface area contributed by atoms with Gasteiger partial charge in [0.15, 0.2) is 17.3 Å². The number of Topliss-reactive ketones (excluding diaryl/α,β-unsaturated/α-hetero) is 1. The van der Waals surface area contributed by atoms with Gasteiger partial charge in [0.05, 0.1) is 14.2 Å². The number of hydrogen-bond acceptors (Lipinski definition) is 4. The average molecular weight is 263 g/mol. The Bertz CT molecular complexity index is 494. The average Bonchev–Trinajstić information content (AvgIpc) is 3.28. The zero-order chi connectivity index (χ0) is 13.8. The van der Waals surface area contributed by atoms with E-state index in [0.29, 0.717) is 17.1 Å². The summed E-state index contributed by atoms with van der Waals surface area (Å²) in [4.78, 5) is 25.2. The molecule has 5 nitrogen and oxygen atoms in total. The summed E-state index contributed by atoms with van der Waals surface area (Å²) in [6.45, 7) is 1.65. The van der Waals surface area contributed by atoms with E-state index in [0.717, 1.165) is 13.1 Å². The molecular weight excluding hydrogens is 246 g/mol. The van der Waals surface area contributed by atoms with E-state index in [1.165, 1.54) is 7.11 Å². The molecule has 0 aromatic heterocycles. The number of hydrogen-bond donors (Lipinski definition) is 0. The number of benzene rings is 1. The van der Waals surface area contributed by atoms with Crippen LogP contribution in [-0.2, 0) is 4.79 Å². The first kappa shape index (κ1) is 13.4. The van der Waals surface area contributed by atoms with Crippen LogP contribution < -0.4 is 9.47 Å². The minimum atomic E-state index is -0.0591. The molecule has 0 radical (unpaired) electrons. The molecule has 1 aliphatic heterocycles. The molecule has 0 saturated carbocycles. The summed E-state index contributed by atoms with van der Waals surface area (Å²) in [5.74, 6) is 1.09. The zero-order valence-electron chi connectivity index (χ0n) is 11.1. The highest BCUT2D eigenvalue weighted by molar-refractivity contribution is 5.98. The second-order valence-corrected chi connectivity index (χ2v) is 4.37. The third kappa shape index (κ3) is 3.24. The minimum absolute atomic E-state index is 0.0498. The molecule has 102 valence electrons.